The van der Waals surface area contributed by atoms with Crippen LogP contribution in [0.25, 0.3) is 0 Å². The molecule has 12 rings (SSSR count). The molecule has 8 aromatic carbocycles. The third-order valence-electron chi connectivity index (χ3n) is 22.0. The van der Waals surface area contributed by atoms with Crippen LogP contribution >= 0.6 is 0 Å². The molecular weight excluding hydrogens is 1810 g/mol. The molecule has 4 aliphatic heterocycles. The van der Waals surface area contributed by atoms with Gasteiger partial charge in [-0.1, -0.05) is 58.7 Å². The van der Waals surface area contributed by atoms with E-state index in [2.05, 4.69) is 30.7 Å². The van der Waals surface area contributed by atoms with Crippen LogP contribution < -0.4 is 59.2 Å². The first-order valence-electron chi connectivity index (χ1n) is 42.8. The number of carbonyl (C=O) groups is 12. The number of benzene rings is 8. The zero-order valence-corrected chi connectivity index (χ0v) is 75.3. The number of piperidine rings is 4. The Labute approximate surface area is 773 Å². The van der Waals surface area contributed by atoms with Crippen LogP contribution in [-0.4, -0.2) is 223 Å². The van der Waals surface area contributed by atoms with Crippen molar-refractivity contribution in [1.82, 2.24) is 40.9 Å². The second-order valence-electron chi connectivity index (χ2n) is 32.1. The molecule has 8 aromatic rings. The van der Waals surface area contributed by atoms with Crippen molar-refractivity contribution in [3.63, 3.8) is 0 Å². The summed E-state index contributed by atoms with van der Waals surface area (Å²) in [5.41, 5.74) is 5.23. The number of ether oxygens (including phenoxy) is 8. The lowest BCUT2D eigenvalue weighted by molar-refractivity contribution is -0.129. The molecule has 0 spiro atoms. The van der Waals surface area contributed by atoms with E-state index in [1.54, 1.807) is 68.1 Å². The number of nitrogens with zero attached hydrogens (tertiary/aromatic N) is 4. The highest BCUT2D eigenvalue weighted by atomic mass is 19.2. The molecule has 728 valence electrons. The highest BCUT2D eigenvalue weighted by molar-refractivity contribution is 6.01. The molecule has 4 heterocycles. The summed E-state index contributed by atoms with van der Waals surface area (Å²) in [6.07, 6.45) is 4.55. The lowest BCUT2D eigenvalue weighted by Gasteiger charge is -2.32. The van der Waals surface area contributed by atoms with Crippen molar-refractivity contribution in [1.29, 1.82) is 0 Å². The predicted molar refractivity (Wildman–Crippen MR) is 465 cm³/mol. The van der Waals surface area contributed by atoms with Crippen molar-refractivity contribution in [3.8, 4) is 46.0 Å². The van der Waals surface area contributed by atoms with Gasteiger partial charge in [-0.15, -0.1) is 0 Å². The Balaban J connectivity index is 0.000000203. The molecule has 0 radical (unpaired) electrons. The number of aryl methyl sites for hydroxylation is 4. The van der Waals surface area contributed by atoms with Crippen molar-refractivity contribution >= 4 is 70.4 Å². The van der Waals surface area contributed by atoms with Gasteiger partial charge in [-0.3, -0.25) is 57.5 Å². The highest BCUT2D eigenvalue weighted by Crippen LogP contribution is 2.34. The minimum atomic E-state index is -1.77. The zero-order chi connectivity index (χ0) is 99.3. The van der Waals surface area contributed by atoms with Gasteiger partial charge in [0.25, 0.3) is 23.6 Å². The molecule has 4 aliphatic rings. The number of para-hydroxylation sites is 2. The molecule has 4 atom stereocenters. The summed E-state index contributed by atoms with van der Waals surface area (Å²) in [7, 11) is 5.91. The molecule has 0 aromatic heterocycles. The van der Waals surface area contributed by atoms with Crippen LogP contribution in [0.5, 0.6) is 46.0 Å². The molecule has 28 nitrogen and oxygen atoms in total. The molecule has 0 bridgehead atoms. The summed E-state index contributed by atoms with van der Waals surface area (Å²) in [5.74, 6) is -27.0. The monoisotopic (exact) mass is 1910 g/mol. The first-order valence-corrected chi connectivity index (χ1v) is 42.8. The smallest absolute Gasteiger partial charge is 0.257 e. The number of halogens is 12. The van der Waals surface area contributed by atoms with Gasteiger partial charge in [-0.2, -0.15) is 17.6 Å². The average Bonchev–Trinajstić information content (AvgIpc) is 0.854. The summed E-state index contributed by atoms with van der Waals surface area (Å²) in [6, 6.07) is 27.6. The number of Topliss-reactive ketones (excluding diaryl/α,β-unsaturated/α-hetero) is 4. The minimum Gasteiger partial charge on any atom is -0.496 e. The van der Waals surface area contributed by atoms with E-state index < -0.39 is 191 Å². The molecule has 136 heavy (non-hydrogen) atoms. The summed E-state index contributed by atoms with van der Waals surface area (Å²) >= 11 is 0. The molecule has 4 N–H and O–H groups in total. The number of rotatable bonds is 32. The summed E-state index contributed by atoms with van der Waals surface area (Å²) < 4.78 is 202. The highest BCUT2D eigenvalue weighted by Gasteiger charge is 2.37. The number of ketones is 4. The standard InChI is InChI=1S/2C24H24F4N2O5.2C24H26F2N2O5/c2*1-13-5-6-19(34-2)16(8-13)24(33)30-7-3-4-14(11-30)23(32)29-10-15(31)12-35-22-20(27)17(25)9-18(26)21(22)28;2*1-15-8-9-21(32-2)18(11-15)24(31)28-10-4-5-16(13-28)23(30)27-12-17(29)14-33-22-19(25)6-3-7-20(22)26/h2*5-6,8-9,14H,3-4,7,10-12H2,1-2H3,(H,29,32);2*3,6-9,11,16H,4-5,10,12-14H2,1-2H3,(H,27,30)/t2*14-;2*16-/m1010/s1. The van der Waals surface area contributed by atoms with Crippen LogP contribution in [0.15, 0.2) is 121 Å². The molecule has 0 aliphatic carbocycles. The van der Waals surface area contributed by atoms with Crippen LogP contribution in [0.4, 0.5) is 52.7 Å². The first-order chi connectivity index (χ1) is 64.8. The quantitative estimate of drug-likeness (QED) is 0.0225. The Morgan fingerprint density at radius 3 is 0.699 bits per heavy atom. The fourth-order valence-electron chi connectivity index (χ4n) is 14.9. The van der Waals surface area contributed by atoms with Crippen molar-refractivity contribution in [2.75, 3.05) is 133 Å². The Kier molecular flexibility index (Phi) is 38.9. The first kappa shape index (κ1) is 105. The van der Waals surface area contributed by atoms with E-state index in [9.17, 15) is 110 Å². The number of carbonyl (C=O) groups excluding carboxylic acids is 12. The molecule has 0 unspecified atom stereocenters. The molecule has 4 fully saturated rings. The van der Waals surface area contributed by atoms with E-state index in [4.69, 9.17) is 28.4 Å². The molecular formula is C96H100F12N8O20. The van der Waals surface area contributed by atoms with Crippen LogP contribution in [0, 0.1) is 121 Å². The fraction of sp³-hybridized carbons (Fsp3) is 0.375. The molecule has 8 amide bonds. The van der Waals surface area contributed by atoms with E-state index >= 15 is 0 Å². The van der Waals surface area contributed by atoms with Crippen molar-refractivity contribution in [2.24, 2.45) is 23.7 Å². The van der Waals surface area contributed by atoms with Gasteiger partial charge in [0.2, 0.25) is 46.9 Å². The summed E-state index contributed by atoms with van der Waals surface area (Å²) in [4.78, 5) is 157. The Morgan fingerprint density at radius 1 is 0.287 bits per heavy atom. The number of hydrogen-bond donors (Lipinski definition) is 4. The van der Waals surface area contributed by atoms with Gasteiger partial charge >= 0.3 is 0 Å². The lowest BCUT2D eigenvalue weighted by Crippen LogP contribution is -2.46. The van der Waals surface area contributed by atoms with E-state index in [0.717, 1.165) is 46.5 Å². The molecule has 4 saturated heterocycles. The predicted octanol–water partition coefficient (Wildman–Crippen LogP) is 12.1. The maximum atomic E-state index is 13.6. The Morgan fingerprint density at radius 2 is 0.493 bits per heavy atom. The van der Waals surface area contributed by atoms with Crippen molar-refractivity contribution in [3.05, 3.63) is 236 Å². The summed E-state index contributed by atoms with van der Waals surface area (Å²) in [5, 5.41) is 9.87. The summed E-state index contributed by atoms with van der Waals surface area (Å²) in [6.45, 7) is 5.32. The van der Waals surface area contributed by atoms with Crippen molar-refractivity contribution in [2.45, 2.75) is 79.1 Å². The number of methoxy groups -OCH3 is 4. The molecule has 0 saturated carbocycles. The van der Waals surface area contributed by atoms with Gasteiger partial charge in [0.05, 0.1) is 101 Å². The second kappa shape index (κ2) is 50.2. The average molecular weight is 1910 g/mol. The third-order valence-corrected chi connectivity index (χ3v) is 22.0. The van der Waals surface area contributed by atoms with Gasteiger partial charge in [0.15, 0.2) is 92.7 Å². The van der Waals surface area contributed by atoms with E-state index in [1.807, 2.05) is 52.0 Å². The van der Waals surface area contributed by atoms with Gasteiger partial charge in [-0.05, 0) is 152 Å². The largest absolute Gasteiger partial charge is 0.496 e. The van der Waals surface area contributed by atoms with Gasteiger partial charge in [-0.25, -0.2) is 35.1 Å². The number of amides is 8. The van der Waals surface area contributed by atoms with E-state index in [0.29, 0.717) is 123 Å². The lowest BCUT2D eigenvalue weighted by atomic mass is 9.96. The van der Waals surface area contributed by atoms with Gasteiger partial charge in [0, 0.05) is 64.5 Å². The minimum absolute atomic E-state index is 0.0206. The Hall–Kier alpha value is -14.2. The van der Waals surface area contributed by atoms with Crippen LogP contribution in [-0.2, 0) is 38.4 Å². The normalized spacial score (nSPS) is 15.6. The van der Waals surface area contributed by atoms with E-state index in [1.165, 1.54) is 40.6 Å². The van der Waals surface area contributed by atoms with Crippen LogP contribution in [0.2, 0.25) is 0 Å². The van der Waals surface area contributed by atoms with Crippen LogP contribution in [0.1, 0.15) is 115 Å². The third kappa shape index (κ3) is 28.9. The van der Waals surface area contributed by atoms with E-state index in [-0.39, 0.29) is 86.8 Å². The van der Waals surface area contributed by atoms with Gasteiger partial charge in [0.1, 0.15) is 49.4 Å². The number of hydrogen-bond acceptors (Lipinski definition) is 20. The van der Waals surface area contributed by atoms with Crippen LogP contribution in [0.3, 0.4) is 0 Å². The topological polar surface area (TPSA) is 340 Å². The van der Waals surface area contributed by atoms with Gasteiger partial charge < -0.3 is 78.8 Å². The number of likely N-dealkylation sites (tertiary alicyclic amines) is 4. The van der Waals surface area contributed by atoms with Crippen molar-refractivity contribution < 1.29 is 148 Å². The maximum Gasteiger partial charge on any atom is 0.257 e. The second-order valence-corrected chi connectivity index (χ2v) is 32.1. The maximum absolute atomic E-state index is 13.6. The SMILES string of the molecule is COc1ccc(C)cc1C(=O)N1CCC[C@@H](C(=O)NCC(=O)COc2c(F)c(F)cc(F)c2F)C1.COc1ccc(C)cc1C(=O)N1CCC[C@@H](C(=O)NCC(=O)COc2c(F)cccc2F)C1.COc1ccc(C)cc1C(=O)N1CCC[C@H](C(=O)NCC(=O)COc2c(F)c(F)cc(F)c2F)C1.COc1ccc(C)cc1C(=O)N1CCC[C@H](C(=O)NCC(=O)COc2c(F)cccc2F)C1. The molecule has 40 heteroatoms. The number of nitrogens with one attached hydrogen (secondary N) is 4. The zero-order valence-electron chi connectivity index (χ0n) is 75.3. The fourth-order valence-corrected chi connectivity index (χ4v) is 14.9. The Bertz CT molecular complexity index is 5300.